The van der Waals surface area contributed by atoms with Gasteiger partial charge in [0.2, 0.25) is 5.91 Å². The van der Waals surface area contributed by atoms with Gasteiger partial charge in [0.25, 0.3) is 0 Å². The van der Waals surface area contributed by atoms with Crippen molar-refractivity contribution in [1.82, 2.24) is 0 Å². The number of amides is 1. The molecule has 0 bridgehead atoms. The van der Waals surface area contributed by atoms with Gasteiger partial charge in [-0.15, -0.1) is 0 Å². The molecule has 1 aliphatic heterocycles. The maximum absolute atomic E-state index is 11.8. The van der Waals surface area contributed by atoms with Crippen LogP contribution in [0.25, 0.3) is 0 Å². The van der Waals surface area contributed by atoms with E-state index < -0.39 is 0 Å². The highest BCUT2D eigenvalue weighted by Crippen LogP contribution is 2.30. The van der Waals surface area contributed by atoms with Gasteiger partial charge in [0.1, 0.15) is 0 Å². The Hall–Kier alpha value is -0.910. The summed E-state index contributed by atoms with van der Waals surface area (Å²) in [6, 6.07) is 5.45. The van der Waals surface area contributed by atoms with Crippen LogP contribution < -0.4 is 4.90 Å². The standard InChI is InChI=1S/C12H14BrNO3/c13-10-2-1-9(7-16)11(4-10)14-5-8(6-15)3-12(14)17/h1-2,4,8,15-16H,3,5-7H2. The van der Waals surface area contributed by atoms with Crippen molar-refractivity contribution in [2.24, 2.45) is 5.92 Å². The Balaban J connectivity index is 2.33. The quantitative estimate of drug-likeness (QED) is 0.884. The first-order valence-corrected chi connectivity index (χ1v) is 6.25. The van der Waals surface area contributed by atoms with Gasteiger partial charge in [-0.25, -0.2) is 0 Å². The van der Waals surface area contributed by atoms with Crippen LogP contribution in [0.4, 0.5) is 5.69 Å². The van der Waals surface area contributed by atoms with Crippen LogP contribution >= 0.6 is 15.9 Å². The smallest absolute Gasteiger partial charge is 0.227 e. The molecular formula is C12H14BrNO3. The summed E-state index contributed by atoms with van der Waals surface area (Å²) in [6.45, 7) is 0.430. The Morgan fingerprint density at radius 1 is 1.41 bits per heavy atom. The van der Waals surface area contributed by atoms with Crippen molar-refractivity contribution in [3.63, 3.8) is 0 Å². The van der Waals surface area contributed by atoms with Crippen LogP contribution in [0.5, 0.6) is 0 Å². The molecule has 1 amide bonds. The predicted octanol–water partition coefficient (Wildman–Crippen LogP) is 1.29. The lowest BCUT2D eigenvalue weighted by Crippen LogP contribution is -2.26. The van der Waals surface area contributed by atoms with E-state index >= 15 is 0 Å². The zero-order valence-corrected chi connectivity index (χ0v) is 10.9. The number of carbonyl (C=O) groups is 1. The van der Waals surface area contributed by atoms with Crippen molar-refractivity contribution >= 4 is 27.5 Å². The van der Waals surface area contributed by atoms with Crippen LogP contribution in [-0.4, -0.2) is 29.3 Å². The highest BCUT2D eigenvalue weighted by Gasteiger charge is 2.31. The number of rotatable bonds is 3. The average molecular weight is 300 g/mol. The zero-order valence-electron chi connectivity index (χ0n) is 9.27. The van der Waals surface area contributed by atoms with Gasteiger partial charge in [-0.2, -0.15) is 0 Å². The molecule has 5 heteroatoms. The number of nitrogens with zero attached hydrogens (tertiary/aromatic N) is 1. The largest absolute Gasteiger partial charge is 0.396 e. The molecule has 92 valence electrons. The van der Waals surface area contributed by atoms with Crippen molar-refractivity contribution in [2.45, 2.75) is 13.0 Å². The fourth-order valence-electron chi connectivity index (χ4n) is 2.06. The van der Waals surface area contributed by atoms with E-state index in [2.05, 4.69) is 15.9 Å². The minimum Gasteiger partial charge on any atom is -0.396 e. The van der Waals surface area contributed by atoms with E-state index in [9.17, 15) is 9.90 Å². The summed E-state index contributed by atoms with van der Waals surface area (Å²) in [5.74, 6) is -0.00938. The normalized spacial score (nSPS) is 20.1. The lowest BCUT2D eigenvalue weighted by atomic mass is 10.1. The van der Waals surface area contributed by atoms with Crippen molar-refractivity contribution < 1.29 is 15.0 Å². The number of aliphatic hydroxyl groups is 2. The van der Waals surface area contributed by atoms with Gasteiger partial charge < -0.3 is 15.1 Å². The van der Waals surface area contributed by atoms with Crippen LogP contribution in [-0.2, 0) is 11.4 Å². The average Bonchev–Trinajstić information content (AvgIpc) is 2.70. The summed E-state index contributed by atoms with van der Waals surface area (Å²) in [6.07, 6.45) is 0.369. The molecule has 4 nitrogen and oxygen atoms in total. The maximum Gasteiger partial charge on any atom is 0.227 e. The summed E-state index contributed by atoms with van der Waals surface area (Å²) in [7, 11) is 0. The molecule has 1 atom stereocenters. The van der Waals surface area contributed by atoms with Crippen LogP contribution in [0.3, 0.4) is 0 Å². The molecule has 0 aromatic heterocycles. The van der Waals surface area contributed by atoms with Crippen LogP contribution in [0.2, 0.25) is 0 Å². The van der Waals surface area contributed by atoms with Crippen molar-refractivity contribution in [2.75, 3.05) is 18.1 Å². The van der Waals surface area contributed by atoms with E-state index in [1.54, 1.807) is 11.0 Å². The lowest BCUT2D eigenvalue weighted by molar-refractivity contribution is -0.117. The second-order valence-corrected chi connectivity index (χ2v) is 5.10. The van der Waals surface area contributed by atoms with Gasteiger partial charge in [-0.1, -0.05) is 22.0 Å². The highest BCUT2D eigenvalue weighted by molar-refractivity contribution is 9.10. The number of halogens is 1. The fraction of sp³-hybridized carbons (Fsp3) is 0.417. The van der Waals surface area contributed by atoms with Gasteiger partial charge in [0.05, 0.1) is 12.3 Å². The SMILES string of the molecule is O=C1CC(CO)CN1c1cc(Br)ccc1CO. The summed E-state index contributed by atoms with van der Waals surface area (Å²) in [5, 5.41) is 18.4. The third-order valence-electron chi connectivity index (χ3n) is 2.97. The predicted molar refractivity (Wildman–Crippen MR) is 67.6 cm³/mol. The molecular weight excluding hydrogens is 286 g/mol. The molecule has 1 aliphatic rings. The van der Waals surface area contributed by atoms with E-state index in [1.807, 2.05) is 12.1 Å². The van der Waals surface area contributed by atoms with E-state index in [1.165, 1.54) is 0 Å². The lowest BCUT2D eigenvalue weighted by Gasteiger charge is -2.20. The second-order valence-electron chi connectivity index (χ2n) is 4.19. The molecule has 0 aliphatic carbocycles. The number of aliphatic hydroxyl groups excluding tert-OH is 2. The number of hydrogen-bond acceptors (Lipinski definition) is 3. The Morgan fingerprint density at radius 2 is 2.18 bits per heavy atom. The van der Waals surface area contributed by atoms with Crippen LogP contribution in [0.1, 0.15) is 12.0 Å². The highest BCUT2D eigenvalue weighted by atomic mass is 79.9. The minimum atomic E-state index is -0.101. The second kappa shape index (κ2) is 5.16. The monoisotopic (exact) mass is 299 g/mol. The summed E-state index contributed by atoms with van der Waals surface area (Å²) in [5.41, 5.74) is 1.45. The number of benzene rings is 1. The molecule has 2 N–H and O–H groups in total. The van der Waals surface area contributed by atoms with Gasteiger partial charge in [-0.05, 0) is 12.1 Å². The van der Waals surface area contributed by atoms with E-state index in [0.29, 0.717) is 13.0 Å². The van der Waals surface area contributed by atoms with Gasteiger partial charge in [0.15, 0.2) is 0 Å². The molecule has 2 rings (SSSR count). The first kappa shape index (κ1) is 12.5. The molecule has 0 saturated carbocycles. The van der Waals surface area contributed by atoms with Crippen molar-refractivity contribution in [3.8, 4) is 0 Å². The molecule has 0 radical (unpaired) electrons. The van der Waals surface area contributed by atoms with Crippen LogP contribution in [0, 0.1) is 5.92 Å². The van der Waals surface area contributed by atoms with Gasteiger partial charge in [-0.3, -0.25) is 4.79 Å². The van der Waals surface area contributed by atoms with Crippen molar-refractivity contribution in [3.05, 3.63) is 28.2 Å². The third-order valence-corrected chi connectivity index (χ3v) is 3.47. The summed E-state index contributed by atoms with van der Waals surface area (Å²) < 4.78 is 0.866. The third kappa shape index (κ3) is 2.51. The maximum atomic E-state index is 11.8. The number of hydrogen-bond donors (Lipinski definition) is 2. The zero-order chi connectivity index (χ0) is 12.4. The first-order chi connectivity index (χ1) is 8.15. The Kier molecular flexibility index (Phi) is 3.81. The molecule has 1 aromatic carbocycles. The Morgan fingerprint density at radius 3 is 2.76 bits per heavy atom. The fourth-order valence-corrected chi connectivity index (χ4v) is 2.41. The first-order valence-electron chi connectivity index (χ1n) is 5.46. The molecule has 1 heterocycles. The molecule has 1 saturated heterocycles. The minimum absolute atomic E-state index is 0.00292. The van der Waals surface area contributed by atoms with Crippen molar-refractivity contribution in [1.29, 1.82) is 0 Å². The molecule has 1 unspecified atom stereocenters. The molecule has 0 spiro atoms. The van der Waals surface area contributed by atoms with Gasteiger partial charge in [0, 0.05) is 35.5 Å². The van der Waals surface area contributed by atoms with E-state index in [4.69, 9.17) is 5.11 Å². The molecule has 17 heavy (non-hydrogen) atoms. The number of anilines is 1. The van der Waals surface area contributed by atoms with Gasteiger partial charge >= 0.3 is 0 Å². The number of carbonyl (C=O) groups excluding carboxylic acids is 1. The molecule has 1 aromatic rings. The summed E-state index contributed by atoms with van der Waals surface area (Å²) in [4.78, 5) is 13.5. The topological polar surface area (TPSA) is 60.8 Å². The Bertz CT molecular complexity index is 436. The molecule has 1 fully saturated rings. The Labute approximate surface area is 108 Å². The van der Waals surface area contributed by atoms with E-state index in [-0.39, 0.29) is 25.0 Å². The summed E-state index contributed by atoms with van der Waals surface area (Å²) >= 11 is 3.36. The van der Waals surface area contributed by atoms with E-state index in [0.717, 1.165) is 15.7 Å². The van der Waals surface area contributed by atoms with Crippen LogP contribution in [0.15, 0.2) is 22.7 Å².